The molecule has 3 heterocycles. The topological polar surface area (TPSA) is 91.2 Å². The summed E-state index contributed by atoms with van der Waals surface area (Å²) in [7, 11) is -5.90. The second-order valence-corrected chi connectivity index (χ2v) is 8.62. The molecular formula is C16H7ClF3N3O4S2. The van der Waals surface area contributed by atoms with Crippen LogP contribution in [0.4, 0.5) is 13.2 Å². The fourth-order valence-electron chi connectivity index (χ4n) is 2.55. The fourth-order valence-corrected chi connectivity index (χ4v) is 4.18. The number of pyridine rings is 1. The van der Waals surface area contributed by atoms with Gasteiger partial charge in [-0.1, -0.05) is 11.6 Å². The van der Waals surface area contributed by atoms with Gasteiger partial charge in [0, 0.05) is 17.3 Å². The summed E-state index contributed by atoms with van der Waals surface area (Å²) >= 11 is 6.70. The largest absolute Gasteiger partial charge is 0.534 e. The van der Waals surface area contributed by atoms with Crippen LogP contribution in [0.15, 0.2) is 47.7 Å². The summed E-state index contributed by atoms with van der Waals surface area (Å²) in [5.41, 5.74) is -5.66. The Morgan fingerprint density at radius 2 is 1.79 bits per heavy atom. The first-order chi connectivity index (χ1) is 13.6. The Bertz CT molecular complexity index is 1410. The highest BCUT2D eigenvalue weighted by atomic mass is 35.5. The molecule has 0 radical (unpaired) electrons. The Labute approximate surface area is 169 Å². The molecule has 0 spiro atoms. The molecule has 0 saturated carbocycles. The molecule has 4 rings (SSSR count). The third-order valence-corrected chi connectivity index (χ3v) is 6.12. The van der Waals surface area contributed by atoms with E-state index in [1.807, 2.05) is 0 Å². The van der Waals surface area contributed by atoms with E-state index in [0.29, 0.717) is 10.7 Å². The van der Waals surface area contributed by atoms with Gasteiger partial charge in [-0.3, -0.25) is 9.36 Å². The van der Waals surface area contributed by atoms with Crippen LogP contribution in [0.2, 0.25) is 5.02 Å². The zero-order valence-electron chi connectivity index (χ0n) is 13.8. The number of halogens is 4. The molecule has 3 aromatic heterocycles. The number of benzene rings is 1. The number of rotatable bonds is 3. The molecule has 0 unspecified atom stereocenters. The lowest BCUT2D eigenvalue weighted by Gasteiger charge is -2.10. The number of thiophene rings is 1. The third kappa shape index (κ3) is 3.32. The van der Waals surface area contributed by atoms with Gasteiger partial charge < -0.3 is 4.18 Å². The number of nitrogens with zero attached hydrogens (tertiary/aromatic N) is 3. The molecule has 0 amide bonds. The summed E-state index contributed by atoms with van der Waals surface area (Å²) in [4.78, 5) is 21.1. The van der Waals surface area contributed by atoms with Crippen molar-refractivity contribution >= 4 is 53.5 Å². The summed E-state index contributed by atoms with van der Waals surface area (Å²) in [5, 5.41) is 0.371. The van der Waals surface area contributed by atoms with Crippen molar-refractivity contribution in [3.63, 3.8) is 0 Å². The number of hydrogen-bond donors (Lipinski definition) is 0. The van der Waals surface area contributed by atoms with E-state index in [9.17, 15) is 26.4 Å². The van der Waals surface area contributed by atoms with E-state index in [0.717, 1.165) is 23.6 Å². The van der Waals surface area contributed by atoms with Crippen LogP contribution in [-0.2, 0) is 10.1 Å². The maximum Gasteiger partial charge on any atom is 0.534 e. The van der Waals surface area contributed by atoms with Crippen molar-refractivity contribution in [1.29, 1.82) is 0 Å². The first-order valence-electron chi connectivity index (χ1n) is 7.64. The Kier molecular flexibility index (Phi) is 4.52. The maximum atomic E-state index is 12.9. The van der Waals surface area contributed by atoms with Crippen LogP contribution in [0.5, 0.6) is 5.75 Å². The normalized spacial score (nSPS) is 12.6. The average molecular weight is 462 g/mol. The van der Waals surface area contributed by atoms with E-state index in [1.54, 1.807) is 24.3 Å². The van der Waals surface area contributed by atoms with Crippen molar-refractivity contribution in [2.24, 2.45) is 0 Å². The molecule has 0 aliphatic rings. The quantitative estimate of drug-likeness (QED) is 0.340. The Hall–Kier alpha value is -2.70. The number of aromatic nitrogens is 3. The van der Waals surface area contributed by atoms with Crippen LogP contribution in [0.1, 0.15) is 0 Å². The van der Waals surface area contributed by atoms with Gasteiger partial charge in [0.15, 0.2) is 5.75 Å². The van der Waals surface area contributed by atoms with Gasteiger partial charge in [0.05, 0.1) is 11.1 Å². The predicted molar refractivity (Wildman–Crippen MR) is 101 cm³/mol. The lowest BCUT2D eigenvalue weighted by Crippen LogP contribution is -2.28. The SMILES string of the molecule is O=c1c2sc3nccc(OS(=O)(=O)C(F)(F)F)c3c2ncn1-c1ccc(Cl)cc1. The van der Waals surface area contributed by atoms with Crippen molar-refractivity contribution < 1.29 is 25.8 Å². The first kappa shape index (κ1) is 19.6. The molecule has 4 aromatic rings. The first-order valence-corrected chi connectivity index (χ1v) is 10.2. The summed E-state index contributed by atoms with van der Waals surface area (Å²) in [6, 6.07) is 7.30. The summed E-state index contributed by atoms with van der Waals surface area (Å²) < 4.78 is 66.4. The van der Waals surface area contributed by atoms with Gasteiger partial charge in [-0.05, 0) is 24.3 Å². The zero-order valence-corrected chi connectivity index (χ0v) is 16.2. The number of hydrogen-bond acceptors (Lipinski definition) is 7. The molecule has 0 aliphatic carbocycles. The highest BCUT2D eigenvalue weighted by molar-refractivity contribution is 7.88. The van der Waals surface area contributed by atoms with Crippen LogP contribution in [0.25, 0.3) is 26.1 Å². The molecule has 0 aliphatic heterocycles. The minimum atomic E-state index is -5.90. The van der Waals surface area contributed by atoms with Gasteiger partial charge in [-0.2, -0.15) is 21.6 Å². The van der Waals surface area contributed by atoms with Crippen LogP contribution in [0, 0.1) is 0 Å². The molecule has 0 N–H and O–H groups in total. The molecule has 1 aromatic carbocycles. The average Bonchev–Trinajstić information content (AvgIpc) is 3.02. The lowest BCUT2D eigenvalue weighted by molar-refractivity contribution is -0.0499. The second-order valence-electron chi connectivity index (χ2n) is 5.65. The van der Waals surface area contributed by atoms with Gasteiger partial charge in [0.2, 0.25) is 0 Å². The lowest BCUT2D eigenvalue weighted by atomic mass is 10.2. The van der Waals surface area contributed by atoms with E-state index in [4.69, 9.17) is 11.6 Å². The minimum absolute atomic E-state index is 0.0133. The van der Waals surface area contributed by atoms with Crippen molar-refractivity contribution in [2.75, 3.05) is 0 Å². The Balaban J connectivity index is 1.93. The third-order valence-electron chi connectivity index (χ3n) is 3.83. The van der Waals surface area contributed by atoms with Crippen molar-refractivity contribution in [1.82, 2.24) is 14.5 Å². The highest BCUT2D eigenvalue weighted by Gasteiger charge is 2.48. The Morgan fingerprint density at radius 1 is 1.10 bits per heavy atom. The molecule has 0 saturated heterocycles. The zero-order chi connectivity index (χ0) is 21.0. The van der Waals surface area contributed by atoms with Crippen LogP contribution < -0.4 is 9.74 Å². The van der Waals surface area contributed by atoms with E-state index >= 15 is 0 Å². The van der Waals surface area contributed by atoms with E-state index in [1.165, 1.54) is 10.9 Å². The monoisotopic (exact) mass is 461 g/mol. The van der Waals surface area contributed by atoms with Crippen molar-refractivity contribution in [3.05, 3.63) is 58.2 Å². The van der Waals surface area contributed by atoms with Gasteiger partial charge in [0.1, 0.15) is 21.4 Å². The predicted octanol–water partition coefficient (Wildman–Crippen LogP) is 3.88. The molecule has 0 bridgehead atoms. The molecule has 150 valence electrons. The molecule has 29 heavy (non-hydrogen) atoms. The van der Waals surface area contributed by atoms with Crippen LogP contribution in [0.3, 0.4) is 0 Å². The Morgan fingerprint density at radius 3 is 2.45 bits per heavy atom. The van der Waals surface area contributed by atoms with Crippen LogP contribution >= 0.6 is 22.9 Å². The van der Waals surface area contributed by atoms with Crippen molar-refractivity contribution in [2.45, 2.75) is 5.51 Å². The van der Waals surface area contributed by atoms with Gasteiger partial charge >= 0.3 is 15.6 Å². The molecule has 7 nitrogen and oxygen atoms in total. The molecule has 0 atom stereocenters. The molecule has 13 heteroatoms. The van der Waals surface area contributed by atoms with Gasteiger partial charge in [-0.25, -0.2) is 9.97 Å². The molecule has 0 fully saturated rings. The minimum Gasteiger partial charge on any atom is -0.375 e. The van der Waals surface area contributed by atoms with Crippen molar-refractivity contribution in [3.8, 4) is 11.4 Å². The van der Waals surface area contributed by atoms with Gasteiger partial charge in [-0.15, -0.1) is 11.3 Å². The number of alkyl halides is 3. The molecular weight excluding hydrogens is 455 g/mol. The van der Waals surface area contributed by atoms with E-state index in [-0.39, 0.29) is 20.4 Å². The van der Waals surface area contributed by atoms with E-state index in [2.05, 4.69) is 14.2 Å². The second kappa shape index (κ2) is 6.68. The summed E-state index contributed by atoms with van der Waals surface area (Å²) in [6.07, 6.45) is 2.26. The standard InChI is InChI=1S/C16H7ClF3N3O4S2/c17-8-1-3-9(4-2-8)23-7-22-12-11-10(27-29(25,26)16(18,19)20)5-6-21-14(11)28-13(12)15(23)24/h1-7H. The van der Waals surface area contributed by atoms with E-state index < -0.39 is 26.9 Å². The van der Waals surface area contributed by atoms with Gasteiger partial charge in [0.25, 0.3) is 5.56 Å². The summed E-state index contributed by atoms with van der Waals surface area (Å²) in [5.74, 6) is -0.616. The smallest absolute Gasteiger partial charge is 0.375 e. The fraction of sp³-hybridized carbons (Fsp3) is 0.0625. The highest BCUT2D eigenvalue weighted by Crippen LogP contribution is 2.37. The summed E-state index contributed by atoms with van der Waals surface area (Å²) in [6.45, 7) is 0. The van der Waals surface area contributed by atoms with Crippen LogP contribution in [-0.4, -0.2) is 28.5 Å². The number of fused-ring (bicyclic) bond motifs is 3. The maximum absolute atomic E-state index is 12.9.